The Labute approximate surface area is 104 Å². The monoisotopic (exact) mass is 244 g/mol. The van der Waals surface area contributed by atoms with Crippen LogP contribution in [0.2, 0.25) is 0 Å². The second-order valence-electron chi connectivity index (χ2n) is 3.60. The quantitative estimate of drug-likeness (QED) is 0.830. The first-order valence-electron chi connectivity index (χ1n) is 5.32. The van der Waals surface area contributed by atoms with Gasteiger partial charge in [0.25, 0.3) is 0 Å². The van der Waals surface area contributed by atoms with Gasteiger partial charge in [-0.25, -0.2) is 4.98 Å². The summed E-state index contributed by atoms with van der Waals surface area (Å²) in [6.07, 6.45) is 2.51. The maximum absolute atomic E-state index is 9.01. The lowest BCUT2D eigenvalue weighted by atomic mass is 10.2. The fourth-order valence-electron chi connectivity index (χ4n) is 1.48. The van der Waals surface area contributed by atoms with Crippen molar-refractivity contribution in [1.82, 2.24) is 4.98 Å². The van der Waals surface area contributed by atoms with Gasteiger partial charge < -0.3 is 4.74 Å². The van der Waals surface area contributed by atoms with Crippen LogP contribution in [0.5, 0.6) is 5.88 Å². The lowest BCUT2D eigenvalue weighted by molar-refractivity contribution is 0.309. The molecular weight excluding hydrogens is 232 g/mol. The molecule has 86 valence electrons. The van der Waals surface area contributed by atoms with Gasteiger partial charge in [0.1, 0.15) is 11.6 Å². The Balaban J connectivity index is 2.00. The molecule has 0 atom stereocenters. The zero-order valence-corrected chi connectivity index (χ0v) is 10.3. The van der Waals surface area contributed by atoms with Gasteiger partial charge >= 0.3 is 0 Å². The van der Waals surface area contributed by atoms with Crippen LogP contribution < -0.4 is 4.74 Å². The van der Waals surface area contributed by atoms with Crippen LogP contribution in [0.1, 0.15) is 16.0 Å². The van der Waals surface area contributed by atoms with E-state index in [0.29, 0.717) is 18.1 Å². The first-order chi connectivity index (χ1) is 8.31. The molecule has 17 heavy (non-hydrogen) atoms. The van der Waals surface area contributed by atoms with E-state index >= 15 is 0 Å². The molecule has 0 spiro atoms. The van der Waals surface area contributed by atoms with Crippen molar-refractivity contribution in [3.63, 3.8) is 0 Å². The average Bonchev–Trinajstić information content (AvgIpc) is 2.82. The molecule has 4 heteroatoms. The van der Waals surface area contributed by atoms with Gasteiger partial charge in [0.05, 0.1) is 6.61 Å². The number of pyridine rings is 1. The Morgan fingerprint density at radius 2 is 2.35 bits per heavy atom. The van der Waals surface area contributed by atoms with Crippen molar-refractivity contribution in [3.8, 4) is 11.9 Å². The Morgan fingerprint density at radius 1 is 1.47 bits per heavy atom. The highest BCUT2D eigenvalue weighted by molar-refractivity contribution is 7.09. The maximum Gasteiger partial charge on any atom is 0.231 e. The van der Waals surface area contributed by atoms with Crippen LogP contribution in [0.4, 0.5) is 0 Å². The van der Waals surface area contributed by atoms with E-state index in [1.807, 2.05) is 24.4 Å². The molecule has 2 rings (SSSR count). The minimum absolute atomic E-state index is 0.434. The molecule has 0 N–H and O–H groups in total. The second kappa shape index (κ2) is 5.46. The Morgan fingerprint density at radius 3 is 3.06 bits per heavy atom. The molecule has 0 fully saturated rings. The molecule has 0 saturated heterocycles. The third-order valence-electron chi connectivity index (χ3n) is 2.40. The highest BCUT2D eigenvalue weighted by Gasteiger charge is 2.07. The van der Waals surface area contributed by atoms with Gasteiger partial charge in [-0.3, -0.25) is 0 Å². The molecule has 2 aromatic heterocycles. The van der Waals surface area contributed by atoms with Crippen LogP contribution in [0.15, 0.2) is 29.8 Å². The minimum Gasteiger partial charge on any atom is -0.476 e. The van der Waals surface area contributed by atoms with Crippen molar-refractivity contribution in [2.75, 3.05) is 6.61 Å². The van der Waals surface area contributed by atoms with E-state index in [-0.39, 0.29) is 0 Å². The number of hydrogen-bond acceptors (Lipinski definition) is 4. The van der Waals surface area contributed by atoms with Crippen LogP contribution >= 0.6 is 11.3 Å². The minimum atomic E-state index is 0.434. The lowest BCUT2D eigenvalue weighted by Crippen LogP contribution is -2.04. The van der Waals surface area contributed by atoms with Crippen molar-refractivity contribution in [2.45, 2.75) is 13.3 Å². The molecule has 0 saturated carbocycles. The zero-order chi connectivity index (χ0) is 12.1. The summed E-state index contributed by atoms with van der Waals surface area (Å²) < 4.78 is 5.56. The number of aromatic nitrogens is 1. The van der Waals surface area contributed by atoms with E-state index in [0.717, 1.165) is 12.0 Å². The number of ether oxygens (including phenoxy) is 1. The van der Waals surface area contributed by atoms with Gasteiger partial charge in [0.15, 0.2) is 0 Å². The summed E-state index contributed by atoms with van der Waals surface area (Å²) in [6, 6.07) is 8.02. The number of hydrogen-bond donors (Lipinski definition) is 0. The summed E-state index contributed by atoms with van der Waals surface area (Å²) in [7, 11) is 0. The SMILES string of the molecule is Cc1ccnc(OCCc2cccs2)c1C#N. The molecule has 0 bridgehead atoms. The van der Waals surface area contributed by atoms with Crippen LogP contribution in [-0.4, -0.2) is 11.6 Å². The van der Waals surface area contributed by atoms with Gasteiger partial charge in [-0.05, 0) is 30.0 Å². The molecular formula is C13H12N2OS. The Bertz CT molecular complexity index is 529. The standard InChI is InChI=1S/C13H12N2OS/c1-10-4-6-15-13(12(10)9-14)16-7-5-11-3-2-8-17-11/h2-4,6,8H,5,7H2,1H3. The first kappa shape index (κ1) is 11.6. The highest BCUT2D eigenvalue weighted by atomic mass is 32.1. The van der Waals surface area contributed by atoms with Crippen LogP contribution in [0.3, 0.4) is 0 Å². The number of rotatable bonds is 4. The number of nitrogens with zero attached hydrogens (tertiary/aromatic N) is 2. The van der Waals surface area contributed by atoms with E-state index in [4.69, 9.17) is 10.00 Å². The van der Waals surface area contributed by atoms with Crippen molar-refractivity contribution in [1.29, 1.82) is 5.26 Å². The van der Waals surface area contributed by atoms with E-state index in [1.54, 1.807) is 17.5 Å². The molecule has 0 unspecified atom stereocenters. The molecule has 2 aromatic rings. The van der Waals surface area contributed by atoms with Gasteiger partial charge in [-0.1, -0.05) is 6.07 Å². The summed E-state index contributed by atoms with van der Waals surface area (Å²) >= 11 is 1.71. The Kier molecular flexibility index (Phi) is 3.73. The summed E-state index contributed by atoms with van der Waals surface area (Å²) in [4.78, 5) is 5.36. The van der Waals surface area contributed by atoms with E-state index in [9.17, 15) is 0 Å². The fourth-order valence-corrected chi connectivity index (χ4v) is 2.17. The number of aryl methyl sites for hydroxylation is 1. The molecule has 0 aromatic carbocycles. The molecule has 3 nitrogen and oxygen atoms in total. The van der Waals surface area contributed by atoms with Crippen molar-refractivity contribution >= 4 is 11.3 Å². The van der Waals surface area contributed by atoms with Gasteiger partial charge in [-0.15, -0.1) is 11.3 Å². The first-order valence-corrected chi connectivity index (χ1v) is 6.20. The third kappa shape index (κ3) is 2.83. The molecule has 0 amide bonds. The number of thiophene rings is 1. The normalized spacial score (nSPS) is 9.88. The molecule has 2 heterocycles. The van der Waals surface area contributed by atoms with Crippen molar-refractivity contribution in [2.24, 2.45) is 0 Å². The smallest absolute Gasteiger partial charge is 0.231 e. The molecule has 0 aliphatic heterocycles. The van der Waals surface area contributed by atoms with E-state index in [2.05, 4.69) is 17.1 Å². The molecule has 0 radical (unpaired) electrons. The summed E-state index contributed by atoms with van der Waals surface area (Å²) in [5.74, 6) is 0.434. The largest absolute Gasteiger partial charge is 0.476 e. The average molecular weight is 244 g/mol. The lowest BCUT2D eigenvalue weighted by Gasteiger charge is -2.07. The Hall–Kier alpha value is -1.86. The topological polar surface area (TPSA) is 45.9 Å². The van der Waals surface area contributed by atoms with Crippen molar-refractivity contribution < 1.29 is 4.74 Å². The van der Waals surface area contributed by atoms with Crippen molar-refractivity contribution in [3.05, 3.63) is 45.8 Å². The summed E-state index contributed by atoms with van der Waals surface area (Å²) in [5, 5.41) is 11.1. The molecule has 0 aliphatic rings. The van der Waals surface area contributed by atoms with Gasteiger partial charge in [0, 0.05) is 17.5 Å². The summed E-state index contributed by atoms with van der Waals surface area (Å²) in [5.41, 5.74) is 1.42. The maximum atomic E-state index is 9.01. The predicted octanol–water partition coefficient (Wildman–Crippen LogP) is 2.94. The van der Waals surface area contributed by atoms with Crippen LogP contribution in [0.25, 0.3) is 0 Å². The van der Waals surface area contributed by atoms with Gasteiger partial charge in [0.2, 0.25) is 5.88 Å². The van der Waals surface area contributed by atoms with Gasteiger partial charge in [-0.2, -0.15) is 5.26 Å². The predicted molar refractivity (Wildman–Crippen MR) is 67.2 cm³/mol. The number of nitriles is 1. The van der Waals surface area contributed by atoms with Crippen LogP contribution in [-0.2, 0) is 6.42 Å². The third-order valence-corrected chi connectivity index (χ3v) is 3.34. The van der Waals surface area contributed by atoms with E-state index in [1.165, 1.54) is 4.88 Å². The zero-order valence-electron chi connectivity index (χ0n) is 9.51. The second-order valence-corrected chi connectivity index (χ2v) is 4.63. The summed E-state index contributed by atoms with van der Waals surface area (Å²) in [6.45, 7) is 2.43. The molecule has 0 aliphatic carbocycles. The van der Waals surface area contributed by atoms with E-state index < -0.39 is 0 Å². The van der Waals surface area contributed by atoms with Crippen LogP contribution in [0, 0.1) is 18.3 Å². The fraction of sp³-hybridized carbons (Fsp3) is 0.231. The highest BCUT2D eigenvalue weighted by Crippen LogP contribution is 2.18.